The molecule has 0 aliphatic carbocycles. The van der Waals surface area contributed by atoms with E-state index in [9.17, 15) is 9.18 Å². The molecule has 0 saturated heterocycles. The van der Waals surface area contributed by atoms with Crippen LogP contribution in [-0.2, 0) is 16.1 Å². The van der Waals surface area contributed by atoms with Gasteiger partial charge in [0.15, 0.2) is 0 Å². The van der Waals surface area contributed by atoms with Gasteiger partial charge in [-0.25, -0.2) is 4.39 Å². The van der Waals surface area contributed by atoms with Crippen LogP contribution in [0.2, 0.25) is 0 Å². The van der Waals surface area contributed by atoms with Crippen molar-refractivity contribution >= 4 is 5.97 Å². The summed E-state index contributed by atoms with van der Waals surface area (Å²) >= 11 is 0. The number of esters is 1. The fourth-order valence-corrected chi connectivity index (χ4v) is 1.57. The van der Waals surface area contributed by atoms with Crippen LogP contribution in [0.1, 0.15) is 25.3 Å². The zero-order chi connectivity index (χ0) is 14.1. The van der Waals surface area contributed by atoms with Gasteiger partial charge in [-0.3, -0.25) is 4.79 Å². The molecule has 4 nitrogen and oxygen atoms in total. The number of carbonyl (C=O) groups is 1. The number of methoxy groups -OCH3 is 1. The van der Waals surface area contributed by atoms with Gasteiger partial charge in [0.25, 0.3) is 0 Å². The standard InChI is InChI=1S/C14H20FNO3/c1-3-7-16-10-11-9-12(15)4-5-13(11)19-8-6-14(17)18-2/h4-5,9,16H,3,6-8,10H2,1-2H3. The first-order valence-electron chi connectivity index (χ1n) is 6.36. The molecule has 0 spiro atoms. The topological polar surface area (TPSA) is 47.6 Å². The quantitative estimate of drug-likeness (QED) is 0.581. The summed E-state index contributed by atoms with van der Waals surface area (Å²) in [6, 6.07) is 4.36. The summed E-state index contributed by atoms with van der Waals surface area (Å²) in [5.41, 5.74) is 0.748. The normalized spacial score (nSPS) is 10.3. The van der Waals surface area contributed by atoms with Crippen LogP contribution in [0.3, 0.4) is 0 Å². The van der Waals surface area contributed by atoms with Crippen LogP contribution in [0, 0.1) is 5.82 Å². The average molecular weight is 269 g/mol. The molecule has 19 heavy (non-hydrogen) atoms. The van der Waals surface area contributed by atoms with Crippen LogP contribution >= 0.6 is 0 Å². The van der Waals surface area contributed by atoms with Crippen LogP contribution in [0.15, 0.2) is 18.2 Å². The van der Waals surface area contributed by atoms with E-state index < -0.39 is 0 Å². The molecule has 0 amide bonds. The Labute approximate surface area is 112 Å². The van der Waals surface area contributed by atoms with E-state index in [0.717, 1.165) is 18.5 Å². The molecule has 0 atom stereocenters. The SMILES string of the molecule is CCCNCc1cc(F)ccc1OCCC(=O)OC. The maximum Gasteiger partial charge on any atom is 0.308 e. The minimum atomic E-state index is -0.326. The summed E-state index contributed by atoms with van der Waals surface area (Å²) < 4.78 is 23.2. The average Bonchev–Trinajstić information content (AvgIpc) is 2.41. The van der Waals surface area contributed by atoms with Gasteiger partial charge in [-0.05, 0) is 31.2 Å². The largest absolute Gasteiger partial charge is 0.493 e. The Morgan fingerprint density at radius 3 is 2.89 bits per heavy atom. The number of nitrogens with one attached hydrogen (secondary N) is 1. The Balaban J connectivity index is 2.57. The first-order chi connectivity index (χ1) is 9.17. The minimum absolute atomic E-state index is 0.176. The van der Waals surface area contributed by atoms with E-state index >= 15 is 0 Å². The summed E-state index contributed by atoms with van der Waals surface area (Å²) in [5, 5.41) is 3.19. The summed E-state index contributed by atoms with van der Waals surface area (Å²) in [5.74, 6) is -0.0321. The Morgan fingerprint density at radius 2 is 2.21 bits per heavy atom. The lowest BCUT2D eigenvalue weighted by Gasteiger charge is -2.12. The molecular formula is C14H20FNO3. The second-order valence-corrected chi connectivity index (χ2v) is 4.10. The van der Waals surface area contributed by atoms with E-state index in [-0.39, 0.29) is 24.8 Å². The molecule has 5 heteroatoms. The number of rotatable bonds is 8. The minimum Gasteiger partial charge on any atom is -0.493 e. The fourth-order valence-electron chi connectivity index (χ4n) is 1.57. The van der Waals surface area contributed by atoms with Gasteiger partial charge in [-0.15, -0.1) is 0 Å². The second kappa shape index (κ2) is 8.48. The zero-order valence-electron chi connectivity index (χ0n) is 11.4. The predicted molar refractivity (Wildman–Crippen MR) is 70.5 cm³/mol. The number of hydrogen-bond acceptors (Lipinski definition) is 4. The highest BCUT2D eigenvalue weighted by Crippen LogP contribution is 2.19. The Kier molecular flexibility index (Phi) is 6.89. The molecule has 0 heterocycles. The molecule has 1 rings (SSSR count). The van der Waals surface area contributed by atoms with Crippen LogP contribution in [-0.4, -0.2) is 26.2 Å². The van der Waals surface area contributed by atoms with E-state index in [4.69, 9.17) is 4.74 Å². The lowest BCUT2D eigenvalue weighted by atomic mass is 10.2. The van der Waals surface area contributed by atoms with E-state index in [1.807, 2.05) is 0 Å². The number of hydrogen-bond donors (Lipinski definition) is 1. The highest BCUT2D eigenvalue weighted by Gasteiger charge is 2.07. The molecule has 0 bridgehead atoms. The van der Waals surface area contributed by atoms with Crippen LogP contribution in [0.5, 0.6) is 5.75 Å². The van der Waals surface area contributed by atoms with Gasteiger partial charge in [-0.2, -0.15) is 0 Å². The van der Waals surface area contributed by atoms with Crippen molar-refractivity contribution < 1.29 is 18.7 Å². The zero-order valence-corrected chi connectivity index (χ0v) is 11.4. The highest BCUT2D eigenvalue weighted by molar-refractivity contribution is 5.69. The molecule has 0 aliphatic rings. The molecule has 0 fully saturated rings. The van der Waals surface area contributed by atoms with E-state index in [1.165, 1.54) is 19.2 Å². The summed E-state index contributed by atoms with van der Waals surface area (Å²) in [7, 11) is 1.33. The third kappa shape index (κ3) is 5.70. The maximum atomic E-state index is 13.2. The molecule has 0 saturated carbocycles. The lowest BCUT2D eigenvalue weighted by molar-refractivity contribution is -0.141. The molecule has 1 aromatic rings. The molecule has 106 valence electrons. The lowest BCUT2D eigenvalue weighted by Crippen LogP contribution is -2.15. The van der Waals surface area contributed by atoms with Crippen molar-refractivity contribution in [2.45, 2.75) is 26.3 Å². The van der Waals surface area contributed by atoms with Crippen molar-refractivity contribution in [1.29, 1.82) is 0 Å². The molecular weight excluding hydrogens is 249 g/mol. The second-order valence-electron chi connectivity index (χ2n) is 4.10. The summed E-state index contributed by atoms with van der Waals surface area (Å²) in [4.78, 5) is 11.0. The predicted octanol–water partition coefficient (Wildman–Crippen LogP) is 2.27. The smallest absolute Gasteiger partial charge is 0.308 e. The third-order valence-corrected chi connectivity index (χ3v) is 2.56. The van der Waals surface area contributed by atoms with Crippen molar-refractivity contribution in [3.8, 4) is 5.75 Å². The van der Waals surface area contributed by atoms with Crippen molar-refractivity contribution in [1.82, 2.24) is 5.32 Å². The Morgan fingerprint density at radius 1 is 1.42 bits per heavy atom. The molecule has 1 N–H and O–H groups in total. The van der Waals surface area contributed by atoms with Gasteiger partial charge in [0.2, 0.25) is 0 Å². The van der Waals surface area contributed by atoms with E-state index in [0.29, 0.717) is 12.3 Å². The summed E-state index contributed by atoms with van der Waals surface area (Å²) in [6.07, 6.45) is 1.18. The van der Waals surface area contributed by atoms with Gasteiger partial charge in [0, 0.05) is 12.1 Å². The van der Waals surface area contributed by atoms with Gasteiger partial charge in [0.1, 0.15) is 11.6 Å². The van der Waals surface area contributed by atoms with Gasteiger partial charge in [-0.1, -0.05) is 6.92 Å². The Bertz CT molecular complexity index is 410. The number of halogens is 1. The first kappa shape index (κ1) is 15.4. The van der Waals surface area contributed by atoms with Crippen LogP contribution in [0.4, 0.5) is 4.39 Å². The van der Waals surface area contributed by atoms with Crippen molar-refractivity contribution in [2.75, 3.05) is 20.3 Å². The van der Waals surface area contributed by atoms with Gasteiger partial charge >= 0.3 is 5.97 Å². The van der Waals surface area contributed by atoms with Crippen LogP contribution < -0.4 is 10.1 Å². The van der Waals surface area contributed by atoms with Gasteiger partial charge in [0.05, 0.1) is 20.1 Å². The Hall–Kier alpha value is -1.62. The number of carbonyl (C=O) groups excluding carboxylic acids is 1. The molecule has 0 radical (unpaired) electrons. The van der Waals surface area contributed by atoms with E-state index in [1.54, 1.807) is 6.07 Å². The fraction of sp³-hybridized carbons (Fsp3) is 0.500. The summed E-state index contributed by atoms with van der Waals surface area (Å²) in [6.45, 7) is 3.68. The third-order valence-electron chi connectivity index (χ3n) is 2.56. The number of benzene rings is 1. The van der Waals surface area contributed by atoms with Crippen molar-refractivity contribution in [2.24, 2.45) is 0 Å². The molecule has 0 unspecified atom stereocenters. The maximum absolute atomic E-state index is 13.2. The van der Waals surface area contributed by atoms with Gasteiger partial charge < -0.3 is 14.8 Å². The van der Waals surface area contributed by atoms with Crippen molar-refractivity contribution in [3.63, 3.8) is 0 Å². The monoisotopic (exact) mass is 269 g/mol. The first-order valence-corrected chi connectivity index (χ1v) is 6.36. The van der Waals surface area contributed by atoms with Crippen molar-refractivity contribution in [3.05, 3.63) is 29.6 Å². The van der Waals surface area contributed by atoms with E-state index in [2.05, 4.69) is 17.0 Å². The molecule has 0 aromatic heterocycles. The highest BCUT2D eigenvalue weighted by atomic mass is 19.1. The number of ether oxygens (including phenoxy) is 2. The molecule has 1 aromatic carbocycles. The van der Waals surface area contributed by atoms with Crippen LogP contribution in [0.25, 0.3) is 0 Å². The molecule has 0 aliphatic heterocycles.